The summed E-state index contributed by atoms with van der Waals surface area (Å²) in [6.45, 7) is 4.26. The molecule has 2 nitrogen and oxygen atoms in total. The lowest BCUT2D eigenvalue weighted by Gasteiger charge is -2.20. The predicted molar refractivity (Wildman–Crippen MR) is 88.5 cm³/mol. The fourth-order valence-electron chi connectivity index (χ4n) is 2.87. The van der Waals surface area contributed by atoms with E-state index in [0.29, 0.717) is 10.3 Å². The molecule has 0 aliphatic rings. The molecule has 0 bridgehead atoms. The van der Waals surface area contributed by atoms with Gasteiger partial charge in [-0.1, -0.05) is 41.4 Å². The molecule has 0 spiro atoms. The van der Waals surface area contributed by atoms with E-state index in [1.807, 2.05) is 24.3 Å². The highest BCUT2D eigenvalue weighted by molar-refractivity contribution is 6.29. The van der Waals surface area contributed by atoms with Gasteiger partial charge in [-0.3, -0.25) is 0 Å². The molecule has 2 heterocycles. The van der Waals surface area contributed by atoms with Gasteiger partial charge in [0.1, 0.15) is 10.3 Å². The van der Waals surface area contributed by atoms with Crippen molar-refractivity contribution in [2.24, 2.45) is 0 Å². The molecule has 0 radical (unpaired) electrons. The van der Waals surface area contributed by atoms with Gasteiger partial charge in [-0.2, -0.15) is 0 Å². The molecule has 0 aliphatic carbocycles. The minimum Gasteiger partial charge on any atom is -0.349 e. The summed E-state index contributed by atoms with van der Waals surface area (Å²) in [5.41, 5.74) is 5.87. The van der Waals surface area contributed by atoms with Crippen LogP contribution in [0.4, 0.5) is 0 Å². The van der Waals surface area contributed by atoms with Crippen LogP contribution in [0.3, 0.4) is 0 Å². The Bertz CT molecular complexity index is 710. The van der Waals surface area contributed by atoms with Crippen LogP contribution in [0.2, 0.25) is 10.3 Å². The van der Waals surface area contributed by atoms with Gasteiger partial charge in [-0.15, -0.1) is 0 Å². The third-order valence-electron chi connectivity index (χ3n) is 3.80. The van der Waals surface area contributed by atoms with Crippen molar-refractivity contribution in [3.8, 4) is 0 Å². The molecule has 2 N–H and O–H groups in total. The summed E-state index contributed by atoms with van der Waals surface area (Å²) >= 11 is 12.1. The maximum absolute atomic E-state index is 6.07. The number of rotatable bonds is 3. The van der Waals surface area contributed by atoms with E-state index in [1.165, 1.54) is 16.7 Å². The summed E-state index contributed by atoms with van der Waals surface area (Å²) in [6.07, 6.45) is 0. The molecule has 108 valence electrons. The van der Waals surface area contributed by atoms with E-state index in [2.05, 4.69) is 42.0 Å². The van der Waals surface area contributed by atoms with Gasteiger partial charge in [0, 0.05) is 11.4 Å². The van der Waals surface area contributed by atoms with Gasteiger partial charge in [0.25, 0.3) is 0 Å². The Balaban J connectivity index is 2.21. The number of hydrogen-bond acceptors (Lipinski definition) is 0. The molecule has 21 heavy (non-hydrogen) atoms. The highest BCUT2D eigenvalue weighted by Crippen LogP contribution is 2.35. The summed E-state index contributed by atoms with van der Waals surface area (Å²) in [5, 5.41) is 1.28. The largest absolute Gasteiger partial charge is 0.349 e. The molecule has 0 unspecified atom stereocenters. The van der Waals surface area contributed by atoms with Crippen LogP contribution in [-0.2, 0) is 0 Å². The van der Waals surface area contributed by atoms with Crippen LogP contribution in [-0.4, -0.2) is 9.97 Å². The van der Waals surface area contributed by atoms with Crippen molar-refractivity contribution in [2.45, 2.75) is 19.8 Å². The quantitative estimate of drug-likeness (QED) is 0.643. The van der Waals surface area contributed by atoms with Crippen molar-refractivity contribution >= 4 is 23.2 Å². The van der Waals surface area contributed by atoms with Gasteiger partial charge >= 0.3 is 0 Å². The summed E-state index contributed by atoms with van der Waals surface area (Å²) in [5.74, 6) is 0.0613. The molecule has 3 rings (SSSR count). The number of hydrogen-bond donors (Lipinski definition) is 2. The molecule has 0 amide bonds. The van der Waals surface area contributed by atoms with E-state index in [0.717, 1.165) is 11.4 Å². The molecule has 0 atom stereocenters. The normalized spacial score (nSPS) is 11.3. The predicted octanol–water partition coefficient (Wildman–Crippen LogP) is 5.45. The monoisotopic (exact) mass is 318 g/mol. The van der Waals surface area contributed by atoms with Gasteiger partial charge in [0.15, 0.2) is 0 Å². The fourth-order valence-corrected chi connectivity index (χ4v) is 3.21. The Morgan fingerprint density at radius 2 is 1.24 bits per heavy atom. The van der Waals surface area contributed by atoms with Crippen LogP contribution in [0, 0.1) is 13.8 Å². The fraction of sp³-hybridized carbons (Fsp3) is 0.176. The van der Waals surface area contributed by atoms with Gasteiger partial charge in [0.2, 0.25) is 0 Å². The van der Waals surface area contributed by atoms with Crippen LogP contribution < -0.4 is 0 Å². The summed E-state index contributed by atoms with van der Waals surface area (Å²) < 4.78 is 0. The Hall–Kier alpha value is -1.64. The zero-order chi connectivity index (χ0) is 15.0. The van der Waals surface area contributed by atoms with E-state index in [9.17, 15) is 0 Å². The zero-order valence-corrected chi connectivity index (χ0v) is 13.4. The van der Waals surface area contributed by atoms with Crippen LogP contribution in [0.5, 0.6) is 0 Å². The number of aromatic amines is 2. The average Bonchev–Trinajstić information content (AvgIpc) is 3.03. The molecule has 0 aliphatic heterocycles. The van der Waals surface area contributed by atoms with Crippen molar-refractivity contribution in [3.05, 3.63) is 80.8 Å². The van der Waals surface area contributed by atoms with Gasteiger partial charge < -0.3 is 9.97 Å². The first-order chi connectivity index (χ1) is 10.1. The van der Waals surface area contributed by atoms with E-state index in [1.54, 1.807) is 0 Å². The molecule has 0 saturated heterocycles. The number of halogens is 2. The van der Waals surface area contributed by atoms with Gasteiger partial charge in [-0.05, 0) is 54.8 Å². The highest BCUT2D eigenvalue weighted by Gasteiger charge is 2.23. The molecular formula is C17H16Cl2N2. The summed E-state index contributed by atoms with van der Waals surface area (Å²) in [6, 6.07) is 14.1. The topological polar surface area (TPSA) is 31.6 Å². The van der Waals surface area contributed by atoms with Crippen molar-refractivity contribution in [1.29, 1.82) is 0 Å². The third-order valence-corrected chi connectivity index (χ3v) is 4.24. The third kappa shape index (κ3) is 2.74. The highest BCUT2D eigenvalue weighted by atomic mass is 35.5. The van der Waals surface area contributed by atoms with E-state index in [-0.39, 0.29) is 5.92 Å². The maximum Gasteiger partial charge on any atom is 0.106 e. The Labute approximate surface area is 134 Å². The molecule has 2 aromatic heterocycles. The lowest BCUT2D eigenvalue weighted by atomic mass is 9.86. The van der Waals surface area contributed by atoms with Gasteiger partial charge in [0.05, 0.1) is 5.92 Å². The van der Waals surface area contributed by atoms with E-state index in [4.69, 9.17) is 23.2 Å². The second-order valence-corrected chi connectivity index (χ2v) is 6.08. The standard InChI is InChI=1S/C17H16Cl2N2/c1-10-4-3-5-11(2)16(10)17(12-6-8-14(18)20-12)13-7-9-15(19)21-13/h3-9,17,20-21H,1-2H3. The molecule has 1 aromatic carbocycles. The minimum atomic E-state index is 0.0613. The first kappa shape index (κ1) is 14.3. The first-order valence-electron chi connectivity index (χ1n) is 6.81. The summed E-state index contributed by atoms with van der Waals surface area (Å²) in [7, 11) is 0. The average molecular weight is 319 g/mol. The lowest BCUT2D eigenvalue weighted by Crippen LogP contribution is -2.08. The second-order valence-electron chi connectivity index (χ2n) is 5.26. The molecule has 4 heteroatoms. The van der Waals surface area contributed by atoms with Crippen LogP contribution >= 0.6 is 23.2 Å². The number of aryl methyl sites for hydroxylation is 2. The Morgan fingerprint density at radius 1 is 0.762 bits per heavy atom. The SMILES string of the molecule is Cc1cccc(C)c1C(c1ccc(Cl)[nH]1)c1ccc(Cl)[nH]1. The smallest absolute Gasteiger partial charge is 0.106 e. The Kier molecular flexibility index (Phi) is 3.83. The van der Waals surface area contributed by atoms with Crippen LogP contribution in [0.15, 0.2) is 42.5 Å². The van der Waals surface area contributed by atoms with E-state index >= 15 is 0 Å². The van der Waals surface area contributed by atoms with Gasteiger partial charge in [-0.25, -0.2) is 0 Å². The van der Waals surface area contributed by atoms with E-state index < -0.39 is 0 Å². The number of aromatic nitrogens is 2. The minimum absolute atomic E-state index is 0.0613. The van der Waals surface area contributed by atoms with Crippen molar-refractivity contribution in [2.75, 3.05) is 0 Å². The molecule has 0 saturated carbocycles. The second kappa shape index (κ2) is 5.63. The maximum atomic E-state index is 6.07. The molecular weight excluding hydrogens is 303 g/mol. The van der Waals surface area contributed by atoms with Crippen molar-refractivity contribution in [3.63, 3.8) is 0 Å². The molecule has 0 fully saturated rings. The number of benzene rings is 1. The summed E-state index contributed by atoms with van der Waals surface area (Å²) in [4.78, 5) is 6.48. The number of H-pyrrole nitrogens is 2. The van der Waals surface area contributed by atoms with Crippen LogP contribution in [0.1, 0.15) is 34.0 Å². The van der Waals surface area contributed by atoms with Crippen LogP contribution in [0.25, 0.3) is 0 Å². The number of nitrogens with one attached hydrogen (secondary N) is 2. The van der Waals surface area contributed by atoms with Crippen molar-refractivity contribution < 1.29 is 0 Å². The Morgan fingerprint density at radius 3 is 1.62 bits per heavy atom. The first-order valence-corrected chi connectivity index (χ1v) is 7.57. The van der Waals surface area contributed by atoms with Crippen molar-refractivity contribution in [1.82, 2.24) is 9.97 Å². The zero-order valence-electron chi connectivity index (χ0n) is 11.9. The lowest BCUT2D eigenvalue weighted by molar-refractivity contribution is 0.879. The molecule has 3 aromatic rings.